The fourth-order valence-electron chi connectivity index (χ4n) is 1.72. The second-order valence-electron chi connectivity index (χ2n) is 5.75. The summed E-state index contributed by atoms with van der Waals surface area (Å²) in [5, 5.41) is 0. The minimum Gasteiger partial charge on any atom is -0.464 e. The summed E-state index contributed by atoms with van der Waals surface area (Å²) in [4.78, 5) is 17.8. The zero-order valence-corrected chi connectivity index (χ0v) is 12.5. The Morgan fingerprint density at radius 1 is 1.42 bits per heavy atom. The average molecular weight is 265 g/mol. The monoisotopic (exact) mass is 265 g/mol. The van der Waals surface area contributed by atoms with Gasteiger partial charge in [-0.15, -0.1) is 0 Å². The van der Waals surface area contributed by atoms with Crippen LogP contribution in [-0.2, 0) is 4.74 Å². The van der Waals surface area contributed by atoms with E-state index >= 15 is 0 Å². The molecule has 0 aliphatic heterocycles. The van der Waals surface area contributed by atoms with Gasteiger partial charge in [0, 0.05) is 13.1 Å². The molecule has 0 bridgehead atoms. The number of methoxy groups -OCH3 is 1. The SMILES string of the molecule is COC(=O)c1ccc(N)c(N(C)C(C)C(C)(C)C)n1. The number of hydrogen-bond acceptors (Lipinski definition) is 5. The van der Waals surface area contributed by atoms with Crippen molar-refractivity contribution in [2.24, 2.45) is 5.41 Å². The van der Waals surface area contributed by atoms with Crippen LogP contribution in [0.3, 0.4) is 0 Å². The lowest BCUT2D eigenvalue weighted by molar-refractivity contribution is 0.0594. The third-order valence-corrected chi connectivity index (χ3v) is 3.47. The fraction of sp³-hybridized carbons (Fsp3) is 0.571. The molecule has 0 radical (unpaired) electrons. The van der Waals surface area contributed by atoms with Crippen LogP contribution in [0.15, 0.2) is 12.1 Å². The Bertz CT molecular complexity index is 466. The predicted molar refractivity (Wildman–Crippen MR) is 77.3 cm³/mol. The molecular formula is C14H23N3O2. The topological polar surface area (TPSA) is 68.5 Å². The molecule has 19 heavy (non-hydrogen) atoms. The summed E-state index contributed by atoms with van der Waals surface area (Å²) in [6.07, 6.45) is 0. The number of carbonyl (C=O) groups is 1. The van der Waals surface area contributed by atoms with E-state index in [1.165, 1.54) is 7.11 Å². The van der Waals surface area contributed by atoms with Gasteiger partial charge in [-0.1, -0.05) is 20.8 Å². The van der Waals surface area contributed by atoms with Crippen LogP contribution in [0.4, 0.5) is 11.5 Å². The van der Waals surface area contributed by atoms with Gasteiger partial charge < -0.3 is 15.4 Å². The average Bonchev–Trinajstić information content (AvgIpc) is 2.35. The first kappa shape index (κ1) is 15.3. The molecule has 1 atom stereocenters. The highest BCUT2D eigenvalue weighted by atomic mass is 16.5. The summed E-state index contributed by atoms with van der Waals surface area (Å²) in [5.41, 5.74) is 6.84. The molecule has 0 aromatic carbocycles. The van der Waals surface area contributed by atoms with Crippen LogP contribution in [0.5, 0.6) is 0 Å². The van der Waals surface area contributed by atoms with Gasteiger partial charge in [0.1, 0.15) is 0 Å². The van der Waals surface area contributed by atoms with Crippen molar-refractivity contribution in [1.29, 1.82) is 0 Å². The smallest absolute Gasteiger partial charge is 0.356 e. The number of esters is 1. The number of carbonyl (C=O) groups excluding carboxylic acids is 1. The number of nitrogen functional groups attached to an aromatic ring is 1. The molecule has 0 spiro atoms. The Morgan fingerprint density at radius 2 is 2.00 bits per heavy atom. The first-order valence-electron chi connectivity index (χ1n) is 6.26. The number of pyridine rings is 1. The van der Waals surface area contributed by atoms with Crippen LogP contribution >= 0.6 is 0 Å². The summed E-state index contributed by atoms with van der Waals surface area (Å²) in [7, 11) is 3.26. The first-order chi connectivity index (χ1) is 8.68. The van der Waals surface area contributed by atoms with Crippen molar-refractivity contribution in [1.82, 2.24) is 4.98 Å². The molecule has 1 unspecified atom stereocenters. The number of aromatic nitrogens is 1. The van der Waals surface area contributed by atoms with Crippen molar-refractivity contribution in [3.8, 4) is 0 Å². The molecule has 0 fully saturated rings. The molecule has 5 nitrogen and oxygen atoms in total. The van der Waals surface area contributed by atoms with E-state index in [0.29, 0.717) is 11.5 Å². The highest BCUT2D eigenvalue weighted by Gasteiger charge is 2.26. The van der Waals surface area contributed by atoms with Gasteiger partial charge in [-0.2, -0.15) is 0 Å². The Hall–Kier alpha value is -1.78. The molecule has 1 aromatic rings. The largest absolute Gasteiger partial charge is 0.464 e. The maximum Gasteiger partial charge on any atom is 0.356 e. The number of ether oxygens (including phenoxy) is 1. The molecule has 0 saturated carbocycles. The second-order valence-corrected chi connectivity index (χ2v) is 5.75. The zero-order valence-electron chi connectivity index (χ0n) is 12.5. The van der Waals surface area contributed by atoms with Crippen molar-refractivity contribution in [2.45, 2.75) is 33.7 Å². The van der Waals surface area contributed by atoms with Gasteiger partial charge in [-0.3, -0.25) is 0 Å². The number of nitrogens with zero attached hydrogens (tertiary/aromatic N) is 2. The van der Waals surface area contributed by atoms with Crippen molar-refractivity contribution < 1.29 is 9.53 Å². The number of nitrogens with two attached hydrogens (primary N) is 1. The molecule has 1 heterocycles. The molecule has 0 saturated heterocycles. The van der Waals surface area contributed by atoms with E-state index in [-0.39, 0.29) is 17.2 Å². The van der Waals surface area contributed by atoms with Crippen molar-refractivity contribution in [3.63, 3.8) is 0 Å². The standard InChI is InChI=1S/C14H23N3O2/c1-9(14(2,3)4)17(5)12-10(15)7-8-11(16-12)13(18)19-6/h7-9H,15H2,1-6H3. The minimum atomic E-state index is -0.460. The lowest BCUT2D eigenvalue weighted by Crippen LogP contribution is -2.40. The van der Waals surface area contributed by atoms with E-state index in [0.717, 1.165) is 0 Å². The maximum atomic E-state index is 11.5. The second kappa shape index (κ2) is 5.47. The van der Waals surface area contributed by atoms with Gasteiger partial charge in [0.25, 0.3) is 0 Å². The molecule has 0 aliphatic rings. The maximum absolute atomic E-state index is 11.5. The summed E-state index contributed by atoms with van der Waals surface area (Å²) in [6, 6.07) is 3.47. The Morgan fingerprint density at radius 3 is 2.47 bits per heavy atom. The summed E-state index contributed by atoms with van der Waals surface area (Å²) in [5.74, 6) is 0.142. The van der Waals surface area contributed by atoms with E-state index in [4.69, 9.17) is 5.73 Å². The van der Waals surface area contributed by atoms with Crippen LogP contribution in [0.2, 0.25) is 0 Å². The highest BCUT2D eigenvalue weighted by Crippen LogP contribution is 2.29. The van der Waals surface area contributed by atoms with Crippen LogP contribution in [0.25, 0.3) is 0 Å². The van der Waals surface area contributed by atoms with Crippen LogP contribution < -0.4 is 10.6 Å². The third-order valence-electron chi connectivity index (χ3n) is 3.47. The lowest BCUT2D eigenvalue weighted by atomic mass is 9.87. The molecule has 1 aromatic heterocycles. The number of anilines is 2. The number of hydrogen-bond donors (Lipinski definition) is 1. The Kier molecular flexibility index (Phi) is 4.39. The first-order valence-corrected chi connectivity index (χ1v) is 6.26. The van der Waals surface area contributed by atoms with Gasteiger partial charge in [0.05, 0.1) is 12.8 Å². The quantitative estimate of drug-likeness (QED) is 0.849. The molecule has 0 amide bonds. The van der Waals surface area contributed by atoms with Gasteiger partial charge in [-0.25, -0.2) is 9.78 Å². The van der Waals surface area contributed by atoms with E-state index in [2.05, 4.69) is 37.4 Å². The van der Waals surface area contributed by atoms with Crippen molar-refractivity contribution >= 4 is 17.5 Å². The molecule has 1 rings (SSSR count). The van der Waals surface area contributed by atoms with Gasteiger partial charge >= 0.3 is 5.97 Å². The molecule has 0 aliphatic carbocycles. The van der Waals surface area contributed by atoms with Gasteiger partial charge in [0.2, 0.25) is 0 Å². The van der Waals surface area contributed by atoms with Crippen LogP contribution in [0.1, 0.15) is 38.2 Å². The Balaban J connectivity index is 3.15. The minimum absolute atomic E-state index is 0.0736. The zero-order chi connectivity index (χ0) is 14.8. The van der Waals surface area contributed by atoms with Crippen molar-refractivity contribution in [3.05, 3.63) is 17.8 Å². The van der Waals surface area contributed by atoms with Crippen LogP contribution in [0, 0.1) is 5.41 Å². The molecule has 106 valence electrons. The van der Waals surface area contributed by atoms with Crippen LogP contribution in [-0.4, -0.2) is 31.2 Å². The molecule has 5 heteroatoms. The fourth-order valence-corrected chi connectivity index (χ4v) is 1.72. The van der Waals surface area contributed by atoms with Gasteiger partial charge in [-0.05, 0) is 24.5 Å². The number of rotatable bonds is 3. The Labute approximate surface area is 114 Å². The molecule has 2 N–H and O–H groups in total. The normalized spacial score (nSPS) is 12.9. The third kappa shape index (κ3) is 3.36. The summed E-state index contributed by atoms with van der Waals surface area (Å²) >= 11 is 0. The molecular weight excluding hydrogens is 242 g/mol. The lowest BCUT2D eigenvalue weighted by Gasteiger charge is -2.36. The van der Waals surface area contributed by atoms with E-state index in [9.17, 15) is 4.79 Å². The van der Waals surface area contributed by atoms with Crippen molar-refractivity contribution in [2.75, 3.05) is 24.8 Å². The summed E-state index contributed by atoms with van der Waals surface area (Å²) in [6.45, 7) is 8.55. The summed E-state index contributed by atoms with van der Waals surface area (Å²) < 4.78 is 4.68. The highest BCUT2D eigenvalue weighted by molar-refractivity contribution is 5.88. The van der Waals surface area contributed by atoms with E-state index in [1.807, 2.05) is 11.9 Å². The van der Waals surface area contributed by atoms with E-state index < -0.39 is 5.97 Å². The van der Waals surface area contributed by atoms with E-state index in [1.54, 1.807) is 12.1 Å². The van der Waals surface area contributed by atoms with Gasteiger partial charge in [0.15, 0.2) is 11.5 Å². The predicted octanol–water partition coefficient (Wildman–Crippen LogP) is 2.32.